The molecule has 3 rings (SSSR count). The average Bonchev–Trinajstić information content (AvgIpc) is 3.33. The molecule has 2 atom stereocenters. The van der Waals surface area contributed by atoms with E-state index in [1.807, 2.05) is 12.1 Å². The van der Waals surface area contributed by atoms with Gasteiger partial charge in [0.25, 0.3) is 0 Å². The Morgan fingerprint density at radius 1 is 1.24 bits per heavy atom. The van der Waals surface area contributed by atoms with Crippen molar-refractivity contribution in [2.45, 2.75) is 51.1 Å². The third-order valence-electron chi connectivity index (χ3n) is 4.89. The van der Waals surface area contributed by atoms with Gasteiger partial charge < -0.3 is 5.32 Å². The first-order valence-corrected chi connectivity index (χ1v) is 8.43. The summed E-state index contributed by atoms with van der Waals surface area (Å²) in [6.07, 6.45) is 6.41. The fourth-order valence-corrected chi connectivity index (χ4v) is 3.55. The molecule has 0 radical (unpaired) electrons. The van der Waals surface area contributed by atoms with Crippen molar-refractivity contribution in [2.75, 3.05) is 19.6 Å². The van der Waals surface area contributed by atoms with E-state index in [1.165, 1.54) is 50.9 Å². The third kappa shape index (κ3) is 4.27. The van der Waals surface area contributed by atoms with E-state index in [9.17, 15) is 4.39 Å². The first kappa shape index (κ1) is 15.0. The Balaban J connectivity index is 1.58. The van der Waals surface area contributed by atoms with Gasteiger partial charge in [-0.3, -0.25) is 4.90 Å². The predicted molar refractivity (Wildman–Crippen MR) is 84.9 cm³/mol. The van der Waals surface area contributed by atoms with Gasteiger partial charge in [0.05, 0.1) is 0 Å². The first-order chi connectivity index (χ1) is 10.2. The van der Waals surface area contributed by atoms with Crippen LogP contribution in [0.2, 0.25) is 0 Å². The SMILES string of the molecule is CC(Cc1ccc(F)cc1)N(CC1CCCNC1)C1CC1. The summed E-state index contributed by atoms with van der Waals surface area (Å²) < 4.78 is 13.0. The van der Waals surface area contributed by atoms with Gasteiger partial charge in [0.1, 0.15) is 5.82 Å². The van der Waals surface area contributed by atoms with Crippen LogP contribution in [0, 0.1) is 11.7 Å². The van der Waals surface area contributed by atoms with E-state index in [0.717, 1.165) is 18.4 Å². The monoisotopic (exact) mass is 290 g/mol. The maximum Gasteiger partial charge on any atom is 0.123 e. The molecule has 1 saturated carbocycles. The molecule has 0 amide bonds. The Kier molecular flexibility index (Phi) is 4.91. The van der Waals surface area contributed by atoms with Crippen molar-refractivity contribution in [3.63, 3.8) is 0 Å². The highest BCUT2D eigenvalue weighted by Crippen LogP contribution is 2.31. The van der Waals surface area contributed by atoms with Crippen LogP contribution in [-0.2, 0) is 6.42 Å². The van der Waals surface area contributed by atoms with Gasteiger partial charge in [0.2, 0.25) is 0 Å². The molecule has 0 bridgehead atoms. The lowest BCUT2D eigenvalue weighted by Crippen LogP contribution is -2.44. The molecule has 1 aliphatic heterocycles. The molecular formula is C18H27FN2. The van der Waals surface area contributed by atoms with Crippen molar-refractivity contribution in [3.05, 3.63) is 35.6 Å². The Morgan fingerprint density at radius 2 is 2.00 bits per heavy atom. The largest absolute Gasteiger partial charge is 0.316 e. The minimum Gasteiger partial charge on any atom is -0.316 e. The maximum absolute atomic E-state index is 13.0. The second-order valence-electron chi connectivity index (χ2n) is 6.82. The fourth-order valence-electron chi connectivity index (χ4n) is 3.55. The van der Waals surface area contributed by atoms with Crippen LogP contribution < -0.4 is 5.32 Å². The van der Waals surface area contributed by atoms with Gasteiger partial charge in [-0.2, -0.15) is 0 Å². The average molecular weight is 290 g/mol. The molecule has 3 heteroatoms. The summed E-state index contributed by atoms with van der Waals surface area (Å²) in [7, 11) is 0. The second kappa shape index (κ2) is 6.89. The van der Waals surface area contributed by atoms with Crippen LogP contribution in [0.25, 0.3) is 0 Å². The van der Waals surface area contributed by atoms with Crippen LogP contribution in [0.1, 0.15) is 38.2 Å². The van der Waals surface area contributed by atoms with Crippen molar-refractivity contribution in [1.82, 2.24) is 10.2 Å². The van der Waals surface area contributed by atoms with E-state index in [4.69, 9.17) is 0 Å². The first-order valence-electron chi connectivity index (χ1n) is 8.43. The van der Waals surface area contributed by atoms with E-state index < -0.39 is 0 Å². The van der Waals surface area contributed by atoms with E-state index in [1.54, 1.807) is 12.1 Å². The quantitative estimate of drug-likeness (QED) is 0.865. The summed E-state index contributed by atoms with van der Waals surface area (Å²) in [6, 6.07) is 8.36. The van der Waals surface area contributed by atoms with Gasteiger partial charge in [-0.15, -0.1) is 0 Å². The van der Waals surface area contributed by atoms with E-state index in [-0.39, 0.29) is 5.82 Å². The fraction of sp³-hybridized carbons (Fsp3) is 0.667. The molecule has 1 aromatic rings. The van der Waals surface area contributed by atoms with Crippen molar-refractivity contribution in [1.29, 1.82) is 0 Å². The zero-order valence-electron chi connectivity index (χ0n) is 13.0. The molecule has 0 spiro atoms. The number of benzene rings is 1. The highest BCUT2D eigenvalue weighted by Gasteiger charge is 2.33. The van der Waals surface area contributed by atoms with Gasteiger partial charge in [-0.25, -0.2) is 4.39 Å². The highest BCUT2D eigenvalue weighted by molar-refractivity contribution is 5.17. The van der Waals surface area contributed by atoms with E-state index in [0.29, 0.717) is 6.04 Å². The lowest BCUT2D eigenvalue weighted by atomic mass is 9.97. The summed E-state index contributed by atoms with van der Waals surface area (Å²) >= 11 is 0. The highest BCUT2D eigenvalue weighted by atomic mass is 19.1. The van der Waals surface area contributed by atoms with Gasteiger partial charge in [0, 0.05) is 18.6 Å². The molecule has 2 unspecified atom stereocenters. The van der Waals surface area contributed by atoms with E-state index in [2.05, 4.69) is 17.1 Å². The topological polar surface area (TPSA) is 15.3 Å². The lowest BCUT2D eigenvalue weighted by Gasteiger charge is -2.34. The Bertz CT molecular complexity index is 435. The predicted octanol–water partition coefficient (Wildman–Crippen LogP) is 3.22. The normalized spacial score (nSPS) is 24.2. The zero-order valence-corrected chi connectivity index (χ0v) is 13.0. The number of piperidine rings is 1. The van der Waals surface area contributed by atoms with E-state index >= 15 is 0 Å². The minimum atomic E-state index is -0.140. The van der Waals surface area contributed by atoms with Gasteiger partial charge in [0.15, 0.2) is 0 Å². The van der Waals surface area contributed by atoms with Crippen molar-refractivity contribution in [2.24, 2.45) is 5.92 Å². The van der Waals surface area contributed by atoms with Gasteiger partial charge >= 0.3 is 0 Å². The Hall–Kier alpha value is -0.930. The molecule has 0 aromatic heterocycles. The standard InChI is InChI=1S/C18H27FN2/c1-14(11-15-4-6-17(19)7-5-15)21(18-8-9-18)13-16-3-2-10-20-12-16/h4-7,14,16,18,20H,2-3,8-13H2,1H3. The Labute approximate surface area is 127 Å². The van der Waals surface area contributed by atoms with Gasteiger partial charge in [-0.05, 0) is 75.7 Å². The van der Waals surface area contributed by atoms with Crippen LogP contribution in [0.15, 0.2) is 24.3 Å². The van der Waals surface area contributed by atoms with Crippen molar-refractivity contribution in [3.8, 4) is 0 Å². The molecular weight excluding hydrogens is 263 g/mol. The molecule has 116 valence electrons. The van der Waals surface area contributed by atoms with Crippen LogP contribution in [0.4, 0.5) is 4.39 Å². The summed E-state index contributed by atoms with van der Waals surface area (Å²) in [5.41, 5.74) is 1.25. The molecule has 1 N–H and O–H groups in total. The maximum atomic E-state index is 13.0. The molecule has 1 heterocycles. The molecule has 2 fully saturated rings. The van der Waals surface area contributed by atoms with Crippen LogP contribution in [0.5, 0.6) is 0 Å². The van der Waals surface area contributed by atoms with Crippen molar-refractivity contribution < 1.29 is 4.39 Å². The number of rotatable bonds is 6. The lowest BCUT2D eigenvalue weighted by molar-refractivity contribution is 0.153. The molecule has 2 aliphatic rings. The number of halogens is 1. The molecule has 2 nitrogen and oxygen atoms in total. The van der Waals surface area contributed by atoms with Crippen LogP contribution in [0.3, 0.4) is 0 Å². The molecule has 21 heavy (non-hydrogen) atoms. The van der Waals surface area contributed by atoms with Crippen LogP contribution in [-0.4, -0.2) is 36.6 Å². The summed E-state index contributed by atoms with van der Waals surface area (Å²) in [6.45, 7) is 5.91. The van der Waals surface area contributed by atoms with Crippen LogP contribution >= 0.6 is 0 Å². The Morgan fingerprint density at radius 3 is 2.62 bits per heavy atom. The van der Waals surface area contributed by atoms with Gasteiger partial charge in [-0.1, -0.05) is 12.1 Å². The number of hydrogen-bond acceptors (Lipinski definition) is 2. The second-order valence-corrected chi connectivity index (χ2v) is 6.82. The zero-order chi connectivity index (χ0) is 14.7. The molecule has 1 aromatic carbocycles. The number of nitrogens with one attached hydrogen (secondary N) is 1. The smallest absolute Gasteiger partial charge is 0.123 e. The summed E-state index contributed by atoms with van der Waals surface area (Å²) in [4.78, 5) is 2.71. The number of hydrogen-bond donors (Lipinski definition) is 1. The summed E-state index contributed by atoms with van der Waals surface area (Å²) in [5.74, 6) is 0.661. The molecule has 1 saturated heterocycles. The minimum absolute atomic E-state index is 0.140. The molecule has 1 aliphatic carbocycles. The number of nitrogens with zero attached hydrogens (tertiary/aromatic N) is 1. The third-order valence-corrected chi connectivity index (χ3v) is 4.89. The van der Waals surface area contributed by atoms with Crippen molar-refractivity contribution >= 4 is 0 Å². The summed E-state index contributed by atoms with van der Waals surface area (Å²) in [5, 5.41) is 3.53.